The monoisotopic (exact) mass is 419 g/mol. The zero-order valence-corrected chi connectivity index (χ0v) is 18.4. The van der Waals surface area contributed by atoms with E-state index in [0.29, 0.717) is 11.0 Å². The van der Waals surface area contributed by atoms with Crippen LogP contribution in [0.15, 0.2) is 39.7 Å². The highest BCUT2D eigenvalue weighted by molar-refractivity contribution is 5.78. The first kappa shape index (κ1) is 25.6. The second-order valence-electron chi connectivity index (χ2n) is 7.66. The highest BCUT2D eigenvalue weighted by Crippen LogP contribution is 2.12. The van der Waals surface area contributed by atoms with Gasteiger partial charge in [-0.3, -0.25) is 4.79 Å². The normalized spacial score (nSPS) is 10.8. The highest BCUT2D eigenvalue weighted by Gasteiger charge is 2.18. The van der Waals surface area contributed by atoms with Gasteiger partial charge in [-0.2, -0.15) is 4.57 Å². The zero-order valence-electron chi connectivity index (χ0n) is 18.4. The van der Waals surface area contributed by atoms with Gasteiger partial charge in [-0.25, -0.2) is 23.5 Å². The summed E-state index contributed by atoms with van der Waals surface area (Å²) in [5.41, 5.74) is -2.57. The molecule has 0 bridgehead atoms. The van der Waals surface area contributed by atoms with E-state index in [9.17, 15) is 19.2 Å². The number of hydrogen-bond acceptors (Lipinski definition) is 4. The molecule has 0 aliphatic carbocycles. The van der Waals surface area contributed by atoms with Crippen molar-refractivity contribution in [2.24, 2.45) is 0 Å². The van der Waals surface area contributed by atoms with Gasteiger partial charge in [0.15, 0.2) is 0 Å². The lowest BCUT2D eigenvalue weighted by molar-refractivity contribution is 0.0881. The first-order valence-electron chi connectivity index (χ1n) is 11.2. The maximum atomic E-state index is 12.6. The van der Waals surface area contributed by atoms with Crippen LogP contribution in [0.1, 0.15) is 88.8 Å². The summed E-state index contributed by atoms with van der Waals surface area (Å²) >= 11 is 0. The summed E-state index contributed by atoms with van der Waals surface area (Å²) in [6, 6.07) is 0. The SMILES string of the molecule is C=CCn1c(=O)n(CC=C)c(=O)n(C(=O)CCCCCCCCCCCCC)c1=O. The summed E-state index contributed by atoms with van der Waals surface area (Å²) in [6.45, 7) is 9.12. The molecule has 0 radical (unpaired) electrons. The largest absolute Gasteiger partial charge is 0.343 e. The van der Waals surface area contributed by atoms with E-state index in [1.807, 2.05) is 0 Å². The van der Waals surface area contributed by atoms with E-state index in [1.165, 1.54) is 57.1 Å². The molecular formula is C23H37N3O4. The molecule has 1 heterocycles. The van der Waals surface area contributed by atoms with Gasteiger partial charge in [0.05, 0.1) is 13.1 Å². The molecule has 0 atom stereocenters. The Morgan fingerprint density at radius 3 is 1.50 bits per heavy atom. The van der Waals surface area contributed by atoms with Crippen LogP contribution in [-0.2, 0) is 13.1 Å². The predicted octanol–water partition coefficient (Wildman–Crippen LogP) is 3.89. The lowest BCUT2D eigenvalue weighted by Gasteiger charge is -2.11. The molecular weight excluding hydrogens is 382 g/mol. The molecule has 0 N–H and O–H groups in total. The fourth-order valence-electron chi connectivity index (χ4n) is 3.47. The van der Waals surface area contributed by atoms with Crippen molar-refractivity contribution < 1.29 is 4.79 Å². The molecule has 0 unspecified atom stereocenters. The Kier molecular flexibility index (Phi) is 12.4. The summed E-state index contributed by atoms with van der Waals surface area (Å²) in [6.07, 6.45) is 15.5. The van der Waals surface area contributed by atoms with Gasteiger partial charge in [0.1, 0.15) is 0 Å². The van der Waals surface area contributed by atoms with Gasteiger partial charge >= 0.3 is 17.1 Å². The van der Waals surface area contributed by atoms with Crippen LogP contribution in [0.25, 0.3) is 0 Å². The molecule has 1 aromatic rings. The average Bonchev–Trinajstić information content (AvgIpc) is 2.72. The number of hydrogen-bond donors (Lipinski definition) is 0. The van der Waals surface area contributed by atoms with E-state index in [-0.39, 0.29) is 19.5 Å². The zero-order chi connectivity index (χ0) is 22.4. The van der Waals surface area contributed by atoms with Crippen molar-refractivity contribution in [3.63, 3.8) is 0 Å². The molecule has 1 aromatic heterocycles. The van der Waals surface area contributed by atoms with Gasteiger partial charge in [-0.05, 0) is 6.42 Å². The lowest BCUT2D eigenvalue weighted by Crippen LogP contribution is -2.56. The molecule has 0 aliphatic rings. The first-order valence-corrected chi connectivity index (χ1v) is 11.2. The van der Waals surface area contributed by atoms with E-state index in [0.717, 1.165) is 28.4 Å². The minimum atomic E-state index is -0.904. The van der Waals surface area contributed by atoms with Gasteiger partial charge in [-0.15, -0.1) is 13.2 Å². The fraction of sp³-hybridized carbons (Fsp3) is 0.652. The smallest absolute Gasteiger partial charge is 0.274 e. The van der Waals surface area contributed by atoms with E-state index in [4.69, 9.17) is 0 Å². The summed E-state index contributed by atoms with van der Waals surface area (Å²) < 4.78 is 2.26. The van der Waals surface area contributed by atoms with Crippen LogP contribution >= 0.6 is 0 Å². The molecule has 0 saturated heterocycles. The van der Waals surface area contributed by atoms with E-state index in [1.54, 1.807) is 0 Å². The van der Waals surface area contributed by atoms with Crippen LogP contribution in [0.4, 0.5) is 0 Å². The van der Waals surface area contributed by atoms with Crippen molar-refractivity contribution in [3.05, 3.63) is 56.8 Å². The molecule has 0 aromatic carbocycles. The third kappa shape index (κ3) is 7.76. The van der Waals surface area contributed by atoms with Crippen LogP contribution in [-0.4, -0.2) is 19.6 Å². The number of carbonyl (C=O) groups is 1. The third-order valence-electron chi connectivity index (χ3n) is 5.17. The molecule has 0 fully saturated rings. The molecule has 7 nitrogen and oxygen atoms in total. The Bertz CT molecular complexity index is 812. The predicted molar refractivity (Wildman–Crippen MR) is 121 cm³/mol. The lowest BCUT2D eigenvalue weighted by atomic mass is 10.1. The molecule has 168 valence electrons. The second kappa shape index (κ2) is 14.5. The Morgan fingerprint density at radius 1 is 0.700 bits per heavy atom. The number of nitrogens with zero attached hydrogens (tertiary/aromatic N) is 3. The molecule has 7 heteroatoms. The van der Waals surface area contributed by atoms with Gasteiger partial charge in [0.25, 0.3) is 0 Å². The second-order valence-corrected chi connectivity index (χ2v) is 7.66. The van der Waals surface area contributed by atoms with Crippen molar-refractivity contribution in [1.82, 2.24) is 13.7 Å². The minimum absolute atomic E-state index is 0.0686. The number of aromatic nitrogens is 3. The van der Waals surface area contributed by atoms with Crippen LogP contribution in [0, 0.1) is 0 Å². The third-order valence-corrected chi connectivity index (χ3v) is 5.17. The average molecular weight is 420 g/mol. The fourth-order valence-corrected chi connectivity index (χ4v) is 3.47. The maximum Gasteiger partial charge on any atom is 0.343 e. The Labute approximate surface area is 178 Å². The first-order chi connectivity index (χ1) is 14.5. The van der Waals surface area contributed by atoms with Crippen molar-refractivity contribution >= 4 is 5.91 Å². The Balaban J connectivity index is 2.59. The Morgan fingerprint density at radius 2 is 1.10 bits per heavy atom. The van der Waals surface area contributed by atoms with Crippen molar-refractivity contribution in [2.45, 2.75) is 97.1 Å². The molecule has 1 rings (SSSR count). The molecule has 0 amide bonds. The Hall–Kier alpha value is -2.44. The van der Waals surface area contributed by atoms with Crippen LogP contribution in [0.5, 0.6) is 0 Å². The molecule has 0 saturated carbocycles. The molecule has 30 heavy (non-hydrogen) atoms. The van der Waals surface area contributed by atoms with E-state index < -0.39 is 23.0 Å². The van der Waals surface area contributed by atoms with Crippen molar-refractivity contribution in [3.8, 4) is 0 Å². The van der Waals surface area contributed by atoms with Crippen molar-refractivity contribution in [1.29, 1.82) is 0 Å². The number of allylic oxidation sites excluding steroid dienone is 2. The van der Waals surface area contributed by atoms with Crippen LogP contribution < -0.4 is 17.1 Å². The van der Waals surface area contributed by atoms with Crippen molar-refractivity contribution in [2.75, 3.05) is 0 Å². The summed E-state index contributed by atoms with van der Waals surface area (Å²) in [7, 11) is 0. The van der Waals surface area contributed by atoms with Crippen LogP contribution in [0.3, 0.4) is 0 Å². The minimum Gasteiger partial charge on any atom is -0.274 e. The summed E-state index contributed by atoms with van der Waals surface area (Å²) in [4.78, 5) is 49.9. The maximum absolute atomic E-state index is 12.6. The quantitative estimate of drug-likeness (QED) is 0.301. The number of carbonyl (C=O) groups excluding carboxylic acids is 1. The standard InChI is InChI=1S/C23H37N3O4/c1-4-7-8-9-10-11-12-13-14-15-16-17-20(27)26-22(29)24(18-5-2)21(28)25(19-6-3)23(26)30/h5-6H,2-4,7-19H2,1H3. The van der Waals surface area contributed by atoms with E-state index >= 15 is 0 Å². The van der Waals surface area contributed by atoms with Gasteiger partial charge in [0.2, 0.25) is 5.91 Å². The number of rotatable bonds is 16. The molecule has 0 spiro atoms. The summed E-state index contributed by atoms with van der Waals surface area (Å²) in [5, 5.41) is 0. The van der Waals surface area contributed by atoms with Gasteiger partial charge < -0.3 is 0 Å². The molecule has 0 aliphatic heterocycles. The van der Waals surface area contributed by atoms with Gasteiger partial charge in [-0.1, -0.05) is 83.3 Å². The highest BCUT2D eigenvalue weighted by atomic mass is 16.2. The number of unbranched alkanes of at least 4 members (excludes halogenated alkanes) is 10. The van der Waals surface area contributed by atoms with Gasteiger partial charge in [0, 0.05) is 6.42 Å². The summed E-state index contributed by atoms with van der Waals surface area (Å²) in [5.74, 6) is -0.573. The topological polar surface area (TPSA) is 83.1 Å². The van der Waals surface area contributed by atoms with E-state index in [2.05, 4.69) is 20.1 Å². The van der Waals surface area contributed by atoms with Crippen LogP contribution in [0.2, 0.25) is 0 Å².